The van der Waals surface area contributed by atoms with Crippen molar-refractivity contribution < 1.29 is 16.5 Å². The zero-order chi connectivity index (χ0) is 36.5. The van der Waals surface area contributed by atoms with Gasteiger partial charge in [0.05, 0.1) is 0 Å². The minimum absolute atomic E-state index is 0. The first-order valence-electron chi connectivity index (χ1n) is 18.8. The van der Waals surface area contributed by atoms with Crippen LogP contribution in [0.25, 0.3) is 19.6 Å². The van der Waals surface area contributed by atoms with Gasteiger partial charge >= 0.3 is 0 Å². The molecule has 0 unspecified atom stereocenters. The van der Waals surface area contributed by atoms with E-state index in [2.05, 4.69) is 90.1 Å². The predicted octanol–water partition coefficient (Wildman–Crippen LogP) is 12.9. The third-order valence-electron chi connectivity index (χ3n) is 8.82. The molecular weight excluding hydrogens is 739 g/mol. The Kier molecular flexibility index (Phi) is 21.2. The minimum atomic E-state index is 0. The van der Waals surface area contributed by atoms with E-state index < -0.39 is 0 Å². The molecule has 4 aromatic carbocycles. The molecule has 51 heavy (non-hydrogen) atoms. The van der Waals surface area contributed by atoms with Crippen LogP contribution in [0, 0.1) is 0 Å². The van der Waals surface area contributed by atoms with Crippen molar-refractivity contribution in [3.05, 3.63) is 141 Å². The van der Waals surface area contributed by atoms with E-state index in [1.807, 2.05) is 36.4 Å². The molecule has 0 aliphatic carbocycles. The maximum absolute atomic E-state index is 5.90. The summed E-state index contributed by atoms with van der Waals surface area (Å²) < 4.78 is 0. The van der Waals surface area contributed by atoms with Crippen LogP contribution in [0.5, 0.6) is 0 Å². The van der Waals surface area contributed by atoms with Gasteiger partial charge in [0.1, 0.15) is 0 Å². The molecule has 0 fully saturated rings. The Bertz CT molecular complexity index is 1510. The van der Waals surface area contributed by atoms with Gasteiger partial charge in [0.25, 0.3) is 0 Å². The normalized spacial score (nSPS) is 11.9. The third-order valence-corrected chi connectivity index (χ3v) is 10.8. The van der Waals surface area contributed by atoms with E-state index in [1.165, 1.54) is 57.3 Å². The van der Waals surface area contributed by atoms with Crippen LogP contribution in [0.3, 0.4) is 0 Å². The second kappa shape index (κ2) is 24.1. The van der Waals surface area contributed by atoms with Crippen LogP contribution in [0.15, 0.2) is 84.9 Å². The van der Waals surface area contributed by atoms with Crippen molar-refractivity contribution in [2.45, 2.75) is 119 Å². The standard InChI is InChI=1S/2C23H30S2.Ni/c2*1-4-10-17-15-19(11-5-2)21(20(16-17)12-6-3)23(25)22(24)18-13-8-7-9-14-18;/h2*7-9,13-16,24-25H,4-6,10-12H2,1-3H3;/p-4/b2*23-22-;. The van der Waals surface area contributed by atoms with E-state index in [1.54, 1.807) is 0 Å². The van der Waals surface area contributed by atoms with E-state index in [-0.39, 0.29) is 16.5 Å². The second-order valence-corrected chi connectivity index (χ2v) is 14.8. The Balaban J connectivity index is 0.000000347. The molecule has 0 heterocycles. The summed E-state index contributed by atoms with van der Waals surface area (Å²) in [4.78, 5) is 3.29. The van der Waals surface area contributed by atoms with Gasteiger partial charge in [-0.05, 0) is 94.2 Å². The Morgan fingerprint density at radius 2 is 0.627 bits per heavy atom. The first-order valence-corrected chi connectivity index (χ1v) is 20.4. The molecule has 0 aliphatic rings. The average Bonchev–Trinajstić information content (AvgIpc) is 3.12. The number of hydrogen-bond acceptors (Lipinski definition) is 4. The van der Waals surface area contributed by atoms with E-state index in [9.17, 15) is 0 Å². The Labute approximate surface area is 343 Å². The largest absolute Gasteiger partial charge is 0.781 e. The fourth-order valence-electron chi connectivity index (χ4n) is 6.66. The fraction of sp³-hybridized carbons (Fsp3) is 0.391. The summed E-state index contributed by atoms with van der Waals surface area (Å²) in [6.45, 7) is 13.4. The van der Waals surface area contributed by atoms with E-state index in [0.29, 0.717) is 0 Å². The summed E-state index contributed by atoms with van der Waals surface area (Å²) in [5.74, 6) is 0. The van der Waals surface area contributed by atoms with Crippen molar-refractivity contribution in [1.29, 1.82) is 0 Å². The maximum Gasteiger partial charge on any atom is 0 e. The summed E-state index contributed by atoms with van der Waals surface area (Å²) in [6, 6.07) is 29.8. The van der Waals surface area contributed by atoms with E-state index in [4.69, 9.17) is 50.5 Å². The Hall–Kier alpha value is -2.27. The molecular formula is C46H56NiS4-4. The van der Waals surface area contributed by atoms with E-state index >= 15 is 0 Å². The molecule has 0 nitrogen and oxygen atoms in total. The number of benzene rings is 4. The van der Waals surface area contributed by atoms with Crippen molar-refractivity contribution in [3.8, 4) is 0 Å². The molecule has 0 N–H and O–H groups in total. The smallest absolute Gasteiger partial charge is 0 e. The van der Waals surface area contributed by atoms with Crippen molar-refractivity contribution in [2.24, 2.45) is 0 Å². The predicted molar refractivity (Wildman–Crippen MR) is 233 cm³/mol. The molecule has 0 atom stereocenters. The van der Waals surface area contributed by atoms with Gasteiger partial charge in [0.15, 0.2) is 0 Å². The fourth-order valence-corrected chi connectivity index (χ4v) is 7.90. The molecule has 0 aromatic heterocycles. The van der Waals surface area contributed by atoms with Gasteiger partial charge in [0.2, 0.25) is 0 Å². The van der Waals surface area contributed by atoms with Gasteiger partial charge in [-0.1, -0.05) is 165 Å². The first-order chi connectivity index (χ1) is 24.2. The molecule has 5 heteroatoms. The van der Waals surface area contributed by atoms with Gasteiger partial charge in [-0.15, -0.1) is 0 Å². The van der Waals surface area contributed by atoms with Crippen molar-refractivity contribution in [1.82, 2.24) is 0 Å². The van der Waals surface area contributed by atoms with Crippen LogP contribution >= 0.6 is 0 Å². The molecule has 0 amide bonds. The number of rotatable bonds is 16. The molecule has 4 rings (SSSR count). The zero-order valence-electron chi connectivity index (χ0n) is 31.5. The quantitative estimate of drug-likeness (QED) is 0.0629. The number of aryl methyl sites for hydroxylation is 6. The molecule has 278 valence electrons. The summed E-state index contributed by atoms with van der Waals surface area (Å²) in [7, 11) is 0. The van der Waals surface area contributed by atoms with Gasteiger partial charge in [-0.3, -0.25) is 0 Å². The van der Waals surface area contributed by atoms with Crippen molar-refractivity contribution in [3.63, 3.8) is 0 Å². The summed E-state index contributed by atoms with van der Waals surface area (Å²) in [5, 5.41) is 0. The molecule has 0 spiro atoms. The van der Waals surface area contributed by atoms with Crippen LogP contribution in [0.4, 0.5) is 0 Å². The van der Waals surface area contributed by atoms with Crippen molar-refractivity contribution in [2.75, 3.05) is 0 Å². The minimum Gasteiger partial charge on any atom is -0.781 e. The van der Waals surface area contributed by atoms with Crippen LogP contribution < -0.4 is 0 Å². The van der Waals surface area contributed by atoms with Gasteiger partial charge < -0.3 is 50.5 Å². The molecule has 4 aromatic rings. The molecule has 0 aliphatic heterocycles. The monoisotopic (exact) mass is 794 g/mol. The van der Waals surface area contributed by atoms with E-state index in [0.717, 1.165) is 95.0 Å². The SMILES string of the molecule is CCCc1cc(CCC)c(/C([S-])=C(/[S-])c2ccccc2)c(CCC)c1.CCCc1cc(CCC)c(/C([S-])=C(/[S-])c2ccccc2)c(CCC)c1.[Ni]. The Morgan fingerprint density at radius 1 is 0.373 bits per heavy atom. The summed E-state index contributed by atoms with van der Waals surface area (Å²) >= 11 is 23.3. The number of hydrogen-bond donors (Lipinski definition) is 0. The summed E-state index contributed by atoms with van der Waals surface area (Å²) in [5.41, 5.74) is 12.9. The van der Waals surface area contributed by atoms with Gasteiger partial charge in [-0.25, -0.2) is 0 Å². The molecule has 0 saturated carbocycles. The van der Waals surface area contributed by atoms with Crippen LogP contribution in [-0.2, 0) is 106 Å². The second-order valence-electron chi connectivity index (χ2n) is 13.1. The van der Waals surface area contributed by atoms with Crippen molar-refractivity contribution >= 4 is 70.1 Å². The maximum atomic E-state index is 5.90. The van der Waals surface area contributed by atoms with Crippen LogP contribution in [-0.4, -0.2) is 0 Å². The zero-order valence-corrected chi connectivity index (χ0v) is 35.8. The molecule has 0 bridgehead atoms. The van der Waals surface area contributed by atoms with Gasteiger partial charge in [0, 0.05) is 16.5 Å². The summed E-state index contributed by atoms with van der Waals surface area (Å²) in [6.07, 6.45) is 13.3. The van der Waals surface area contributed by atoms with Crippen LogP contribution in [0.1, 0.15) is 136 Å². The average molecular weight is 796 g/mol. The topological polar surface area (TPSA) is 0 Å². The third kappa shape index (κ3) is 13.0. The van der Waals surface area contributed by atoms with Crippen LogP contribution in [0.2, 0.25) is 0 Å². The first kappa shape index (κ1) is 44.9. The molecule has 0 radical (unpaired) electrons. The van der Waals surface area contributed by atoms with Gasteiger partial charge in [-0.2, -0.15) is 19.6 Å². The molecule has 0 saturated heterocycles. The Morgan fingerprint density at radius 3 is 0.863 bits per heavy atom.